The molecule has 1 aliphatic rings. The molecule has 0 bridgehead atoms. The highest BCUT2D eigenvalue weighted by molar-refractivity contribution is 5.86. The molecule has 0 saturated carbocycles. The lowest BCUT2D eigenvalue weighted by atomic mass is 9.94. The first-order valence-electron chi connectivity index (χ1n) is 8.71. The van der Waals surface area contributed by atoms with Crippen molar-refractivity contribution in [1.29, 1.82) is 0 Å². The highest BCUT2D eigenvalue weighted by Crippen LogP contribution is 2.31. The Morgan fingerprint density at radius 1 is 1.27 bits per heavy atom. The van der Waals surface area contributed by atoms with Gasteiger partial charge in [-0.15, -0.1) is 0 Å². The van der Waals surface area contributed by atoms with Crippen molar-refractivity contribution >= 4 is 23.3 Å². The monoisotopic (exact) mass is 363 g/mol. The van der Waals surface area contributed by atoms with Crippen LogP contribution in [0.5, 0.6) is 0 Å². The first kappa shape index (κ1) is 19.7. The number of rotatable bonds is 6. The maximum absolute atomic E-state index is 12.5. The van der Waals surface area contributed by atoms with Crippen LogP contribution >= 0.6 is 0 Å². The van der Waals surface area contributed by atoms with Crippen LogP contribution in [0, 0.1) is 22.0 Å². The van der Waals surface area contributed by atoms with Crippen molar-refractivity contribution in [2.75, 3.05) is 25.1 Å². The second-order valence-electron chi connectivity index (χ2n) is 6.76. The van der Waals surface area contributed by atoms with Crippen LogP contribution in [-0.4, -0.2) is 43.0 Å². The van der Waals surface area contributed by atoms with E-state index in [0.29, 0.717) is 31.6 Å². The van der Waals surface area contributed by atoms with E-state index in [1.807, 2.05) is 18.7 Å². The van der Waals surface area contributed by atoms with E-state index in [1.165, 1.54) is 13.2 Å². The second kappa shape index (κ2) is 8.64. The van der Waals surface area contributed by atoms with E-state index in [2.05, 4.69) is 5.32 Å². The first-order chi connectivity index (χ1) is 12.3. The minimum absolute atomic E-state index is 0.0703. The average Bonchev–Trinajstić information content (AvgIpc) is 2.65. The SMILES string of the molecule is COC(=O)[C@@H](NC(=O)C1CCN(c2ccccc2[N+](=O)[O-])CC1)C(C)C. The predicted molar refractivity (Wildman–Crippen MR) is 96.8 cm³/mol. The highest BCUT2D eigenvalue weighted by Gasteiger charge is 2.31. The normalized spacial score (nSPS) is 16.2. The molecule has 2 rings (SSSR count). The van der Waals surface area contributed by atoms with Crippen LogP contribution in [0.15, 0.2) is 24.3 Å². The number of amides is 1. The molecule has 8 nitrogen and oxygen atoms in total. The van der Waals surface area contributed by atoms with E-state index >= 15 is 0 Å². The number of nitro benzene ring substituents is 1. The Hall–Kier alpha value is -2.64. The van der Waals surface area contributed by atoms with E-state index < -0.39 is 16.9 Å². The molecule has 0 unspecified atom stereocenters. The number of methoxy groups -OCH3 is 1. The lowest BCUT2D eigenvalue weighted by molar-refractivity contribution is -0.384. The zero-order chi connectivity index (χ0) is 19.3. The van der Waals surface area contributed by atoms with Gasteiger partial charge in [0.25, 0.3) is 5.69 Å². The summed E-state index contributed by atoms with van der Waals surface area (Å²) in [6, 6.07) is 5.95. The smallest absolute Gasteiger partial charge is 0.328 e. The second-order valence-corrected chi connectivity index (χ2v) is 6.76. The molecule has 1 N–H and O–H groups in total. The molecule has 1 heterocycles. The number of esters is 1. The summed E-state index contributed by atoms with van der Waals surface area (Å²) in [4.78, 5) is 37.0. The molecular weight excluding hydrogens is 338 g/mol. The zero-order valence-corrected chi connectivity index (χ0v) is 15.3. The Balaban J connectivity index is 1.99. The molecular formula is C18H25N3O5. The van der Waals surface area contributed by atoms with Gasteiger partial charge in [-0.2, -0.15) is 0 Å². The van der Waals surface area contributed by atoms with E-state index in [1.54, 1.807) is 18.2 Å². The number of ether oxygens (including phenoxy) is 1. The summed E-state index contributed by atoms with van der Waals surface area (Å²) in [6.45, 7) is 4.79. The summed E-state index contributed by atoms with van der Waals surface area (Å²) in [6.07, 6.45) is 1.15. The number of nitro groups is 1. The fourth-order valence-electron chi connectivity index (χ4n) is 3.16. The number of piperidine rings is 1. The van der Waals surface area contributed by atoms with Crippen molar-refractivity contribution < 1.29 is 19.2 Å². The number of para-hydroxylation sites is 2. The van der Waals surface area contributed by atoms with Gasteiger partial charge in [0, 0.05) is 25.1 Å². The molecule has 0 radical (unpaired) electrons. The number of carbonyl (C=O) groups is 2. The number of nitrogens with one attached hydrogen (secondary N) is 1. The van der Waals surface area contributed by atoms with Gasteiger partial charge in [0.15, 0.2) is 0 Å². The molecule has 1 aliphatic heterocycles. The number of nitrogens with zero attached hydrogens (tertiary/aromatic N) is 2. The zero-order valence-electron chi connectivity index (χ0n) is 15.3. The number of benzene rings is 1. The first-order valence-corrected chi connectivity index (χ1v) is 8.71. The number of hydrogen-bond donors (Lipinski definition) is 1. The van der Waals surface area contributed by atoms with Crippen LogP contribution in [0.25, 0.3) is 0 Å². The number of carbonyl (C=O) groups excluding carboxylic acids is 2. The van der Waals surface area contributed by atoms with Crippen molar-refractivity contribution in [1.82, 2.24) is 5.32 Å². The van der Waals surface area contributed by atoms with E-state index in [4.69, 9.17) is 4.74 Å². The maximum atomic E-state index is 12.5. The predicted octanol–water partition coefficient (Wildman–Crippen LogP) is 2.12. The summed E-state index contributed by atoms with van der Waals surface area (Å²) in [5.41, 5.74) is 0.645. The summed E-state index contributed by atoms with van der Waals surface area (Å²) < 4.78 is 4.75. The molecule has 0 spiro atoms. The van der Waals surface area contributed by atoms with Gasteiger partial charge in [0.05, 0.1) is 12.0 Å². The Morgan fingerprint density at radius 3 is 2.42 bits per heavy atom. The summed E-state index contributed by atoms with van der Waals surface area (Å²) in [5.74, 6) is -0.916. The number of anilines is 1. The van der Waals surface area contributed by atoms with E-state index in [-0.39, 0.29) is 23.4 Å². The Bertz CT molecular complexity index is 669. The summed E-state index contributed by atoms with van der Waals surface area (Å²) in [5, 5.41) is 14.0. The third-order valence-electron chi connectivity index (χ3n) is 4.70. The van der Waals surface area contributed by atoms with Crippen molar-refractivity contribution in [3.8, 4) is 0 Å². The minimum atomic E-state index is -0.666. The lowest BCUT2D eigenvalue weighted by Crippen LogP contribution is -2.49. The fraction of sp³-hybridized carbons (Fsp3) is 0.556. The van der Waals surface area contributed by atoms with Gasteiger partial charge in [-0.1, -0.05) is 26.0 Å². The van der Waals surface area contributed by atoms with Gasteiger partial charge in [-0.05, 0) is 24.8 Å². The van der Waals surface area contributed by atoms with E-state index in [0.717, 1.165) is 0 Å². The van der Waals surface area contributed by atoms with Gasteiger partial charge in [0.1, 0.15) is 11.7 Å². The molecule has 8 heteroatoms. The van der Waals surface area contributed by atoms with Gasteiger partial charge >= 0.3 is 5.97 Å². The van der Waals surface area contributed by atoms with Crippen LogP contribution in [0.1, 0.15) is 26.7 Å². The van der Waals surface area contributed by atoms with Crippen molar-refractivity contribution in [2.24, 2.45) is 11.8 Å². The average molecular weight is 363 g/mol. The molecule has 1 aromatic carbocycles. The van der Waals surface area contributed by atoms with Crippen molar-refractivity contribution in [2.45, 2.75) is 32.7 Å². The van der Waals surface area contributed by atoms with Crippen molar-refractivity contribution in [3.63, 3.8) is 0 Å². The van der Waals surface area contributed by atoms with Gasteiger partial charge in [-0.3, -0.25) is 14.9 Å². The van der Waals surface area contributed by atoms with Crippen LogP contribution in [0.4, 0.5) is 11.4 Å². The Labute approximate surface area is 152 Å². The Kier molecular flexibility index (Phi) is 6.54. The molecule has 1 atom stereocenters. The fourth-order valence-corrected chi connectivity index (χ4v) is 3.16. The maximum Gasteiger partial charge on any atom is 0.328 e. The molecule has 1 amide bonds. The van der Waals surface area contributed by atoms with Gasteiger partial charge in [0.2, 0.25) is 5.91 Å². The third kappa shape index (κ3) is 4.50. The molecule has 26 heavy (non-hydrogen) atoms. The van der Waals surface area contributed by atoms with Crippen LogP contribution in [0.2, 0.25) is 0 Å². The molecule has 1 saturated heterocycles. The quantitative estimate of drug-likeness (QED) is 0.472. The summed E-state index contributed by atoms with van der Waals surface area (Å²) >= 11 is 0. The Morgan fingerprint density at radius 2 is 1.88 bits per heavy atom. The van der Waals surface area contributed by atoms with Crippen LogP contribution in [0.3, 0.4) is 0 Å². The third-order valence-corrected chi connectivity index (χ3v) is 4.70. The number of hydrogen-bond acceptors (Lipinski definition) is 6. The highest BCUT2D eigenvalue weighted by atomic mass is 16.6. The molecule has 1 aromatic rings. The topological polar surface area (TPSA) is 102 Å². The van der Waals surface area contributed by atoms with Gasteiger partial charge in [-0.25, -0.2) is 4.79 Å². The van der Waals surface area contributed by atoms with Crippen molar-refractivity contribution in [3.05, 3.63) is 34.4 Å². The minimum Gasteiger partial charge on any atom is -0.467 e. The van der Waals surface area contributed by atoms with Crippen LogP contribution < -0.4 is 10.2 Å². The van der Waals surface area contributed by atoms with E-state index in [9.17, 15) is 19.7 Å². The summed E-state index contributed by atoms with van der Waals surface area (Å²) in [7, 11) is 1.30. The van der Waals surface area contributed by atoms with Crippen LogP contribution in [-0.2, 0) is 14.3 Å². The van der Waals surface area contributed by atoms with Gasteiger partial charge < -0.3 is 15.0 Å². The standard InChI is InChI=1S/C18H25N3O5/c1-12(2)16(18(23)26-3)19-17(22)13-8-10-20(11-9-13)14-6-4-5-7-15(14)21(24)25/h4-7,12-13,16H,8-11H2,1-3H3,(H,19,22)/t16-/m0/s1. The molecule has 0 aromatic heterocycles. The molecule has 0 aliphatic carbocycles. The molecule has 1 fully saturated rings. The molecule has 142 valence electrons. The largest absolute Gasteiger partial charge is 0.467 e. The lowest BCUT2D eigenvalue weighted by Gasteiger charge is -2.33.